The maximum atomic E-state index is 11.4. The molecule has 0 radical (unpaired) electrons. The Morgan fingerprint density at radius 1 is 1.18 bits per heavy atom. The summed E-state index contributed by atoms with van der Waals surface area (Å²) in [5, 5.41) is 4.61. The third-order valence-corrected chi connectivity index (χ3v) is 9.19. The molecule has 0 aromatic carbocycles. The highest BCUT2D eigenvalue weighted by Gasteiger charge is 2.59. The molecular weight excluding hydrogens is 348 g/mol. The van der Waals surface area contributed by atoms with Gasteiger partial charge in [0.2, 0.25) is 0 Å². The Morgan fingerprint density at radius 3 is 2.79 bits per heavy atom. The van der Waals surface area contributed by atoms with Crippen molar-refractivity contribution < 1.29 is 9.53 Å². The number of fused-ring (bicyclic) bond motifs is 5. The molecule has 152 valence electrons. The van der Waals surface area contributed by atoms with E-state index in [9.17, 15) is 4.79 Å². The molecule has 1 heterocycles. The van der Waals surface area contributed by atoms with E-state index in [2.05, 4.69) is 42.0 Å². The second-order valence-corrected chi connectivity index (χ2v) is 10.4. The molecule has 0 spiro atoms. The van der Waals surface area contributed by atoms with E-state index >= 15 is 0 Å². The smallest absolute Gasteiger partial charge is 0.302 e. The van der Waals surface area contributed by atoms with E-state index < -0.39 is 0 Å². The lowest BCUT2D eigenvalue weighted by molar-refractivity contribution is -0.148. The van der Waals surface area contributed by atoms with Crippen LogP contribution >= 0.6 is 0 Å². The van der Waals surface area contributed by atoms with Crippen LogP contribution in [-0.2, 0) is 9.53 Å². The molecule has 3 fully saturated rings. The summed E-state index contributed by atoms with van der Waals surface area (Å²) >= 11 is 0. The van der Waals surface area contributed by atoms with Crippen LogP contribution in [-0.4, -0.2) is 21.9 Å². The largest absolute Gasteiger partial charge is 0.462 e. The normalized spacial score (nSPS) is 44.8. The fourth-order valence-corrected chi connectivity index (χ4v) is 7.83. The van der Waals surface area contributed by atoms with Gasteiger partial charge in [-0.05, 0) is 79.6 Å². The molecule has 1 aromatic heterocycles. The molecule has 28 heavy (non-hydrogen) atoms. The maximum absolute atomic E-state index is 11.4. The monoisotopic (exact) mass is 382 g/mol. The Balaban J connectivity index is 1.40. The van der Waals surface area contributed by atoms with E-state index in [1.54, 1.807) is 5.57 Å². The van der Waals surface area contributed by atoms with Crippen molar-refractivity contribution in [2.24, 2.45) is 28.6 Å². The third-order valence-electron chi connectivity index (χ3n) is 9.19. The molecule has 3 saturated carbocycles. The minimum atomic E-state index is -0.132. The molecular formula is C24H34N2O2. The molecule has 4 aliphatic carbocycles. The first-order valence-corrected chi connectivity index (χ1v) is 11.3. The van der Waals surface area contributed by atoms with Crippen molar-refractivity contribution in [3.63, 3.8) is 0 Å². The lowest BCUT2D eigenvalue weighted by Crippen LogP contribution is -2.50. The fraction of sp³-hybridized carbons (Fsp3) is 0.750. The highest BCUT2D eigenvalue weighted by atomic mass is 16.5. The van der Waals surface area contributed by atoms with Crippen LogP contribution in [0.3, 0.4) is 0 Å². The second kappa shape index (κ2) is 6.47. The van der Waals surface area contributed by atoms with Gasteiger partial charge in [-0.2, -0.15) is 5.10 Å². The Morgan fingerprint density at radius 2 is 2.04 bits per heavy atom. The van der Waals surface area contributed by atoms with Crippen molar-refractivity contribution in [1.82, 2.24) is 9.78 Å². The highest BCUT2D eigenvalue weighted by molar-refractivity contribution is 5.66. The van der Waals surface area contributed by atoms with Gasteiger partial charge in [0.25, 0.3) is 0 Å². The van der Waals surface area contributed by atoms with Gasteiger partial charge >= 0.3 is 5.97 Å². The number of carbonyl (C=O) groups excluding carboxylic acids is 1. The average molecular weight is 383 g/mol. The quantitative estimate of drug-likeness (QED) is 0.514. The van der Waals surface area contributed by atoms with Gasteiger partial charge in [0, 0.05) is 25.7 Å². The van der Waals surface area contributed by atoms with E-state index in [-0.39, 0.29) is 12.1 Å². The zero-order valence-electron chi connectivity index (χ0n) is 17.6. The zero-order chi connectivity index (χ0) is 19.5. The number of esters is 1. The molecule has 0 N–H and O–H groups in total. The Labute approximate surface area is 168 Å². The summed E-state index contributed by atoms with van der Waals surface area (Å²) in [6.07, 6.45) is 16.4. The summed E-state index contributed by atoms with van der Waals surface area (Å²) in [5.41, 5.74) is 2.27. The van der Waals surface area contributed by atoms with Crippen LogP contribution in [0.25, 0.3) is 0 Å². The van der Waals surface area contributed by atoms with Gasteiger partial charge in [0.15, 0.2) is 0 Å². The molecule has 7 atom stereocenters. The lowest BCUT2D eigenvalue weighted by Gasteiger charge is -2.58. The Bertz CT molecular complexity index is 785. The summed E-state index contributed by atoms with van der Waals surface area (Å²) < 4.78 is 7.82. The first kappa shape index (κ1) is 18.4. The van der Waals surface area contributed by atoms with Crippen molar-refractivity contribution in [2.45, 2.75) is 84.3 Å². The number of aromatic nitrogens is 2. The van der Waals surface area contributed by atoms with Crippen LogP contribution in [0.5, 0.6) is 0 Å². The van der Waals surface area contributed by atoms with Crippen molar-refractivity contribution in [3.8, 4) is 0 Å². The summed E-state index contributed by atoms with van der Waals surface area (Å²) in [6, 6.07) is 2.63. The minimum Gasteiger partial charge on any atom is -0.462 e. The number of nitrogens with zero attached hydrogens (tertiary/aromatic N) is 2. The molecule has 4 nitrogen and oxygen atoms in total. The van der Waals surface area contributed by atoms with E-state index in [0.29, 0.717) is 16.9 Å². The molecule has 0 amide bonds. The van der Waals surface area contributed by atoms with Gasteiger partial charge in [0.1, 0.15) is 6.10 Å². The van der Waals surface area contributed by atoms with Gasteiger partial charge in [-0.15, -0.1) is 0 Å². The zero-order valence-corrected chi connectivity index (χ0v) is 17.6. The summed E-state index contributed by atoms with van der Waals surface area (Å²) in [7, 11) is 0. The molecule has 0 saturated heterocycles. The average Bonchev–Trinajstić information content (AvgIpc) is 3.28. The van der Waals surface area contributed by atoms with Crippen LogP contribution in [0.2, 0.25) is 0 Å². The first-order valence-electron chi connectivity index (χ1n) is 11.3. The topological polar surface area (TPSA) is 44.1 Å². The van der Waals surface area contributed by atoms with Crippen molar-refractivity contribution in [1.29, 1.82) is 0 Å². The number of carbonyl (C=O) groups is 1. The van der Waals surface area contributed by atoms with Crippen LogP contribution in [0, 0.1) is 28.6 Å². The van der Waals surface area contributed by atoms with Crippen LogP contribution in [0.1, 0.15) is 78.2 Å². The molecule has 0 bridgehead atoms. The maximum Gasteiger partial charge on any atom is 0.302 e. The highest BCUT2D eigenvalue weighted by Crippen LogP contribution is 2.67. The summed E-state index contributed by atoms with van der Waals surface area (Å²) in [5.74, 6) is 2.27. The van der Waals surface area contributed by atoms with E-state index in [1.165, 1.54) is 45.4 Å². The number of rotatable bonds is 2. The molecule has 5 rings (SSSR count). The van der Waals surface area contributed by atoms with E-state index in [1.807, 2.05) is 6.20 Å². The van der Waals surface area contributed by atoms with Crippen molar-refractivity contribution >= 4 is 5.97 Å². The lowest BCUT2D eigenvalue weighted by atomic mass is 9.48. The van der Waals surface area contributed by atoms with E-state index in [4.69, 9.17) is 4.74 Å². The fourth-order valence-electron chi connectivity index (χ4n) is 7.83. The number of allylic oxidation sites excluding steroid dienone is 1. The molecule has 1 aromatic rings. The van der Waals surface area contributed by atoms with Crippen LogP contribution in [0.15, 0.2) is 30.1 Å². The Hall–Kier alpha value is -1.58. The van der Waals surface area contributed by atoms with Gasteiger partial charge in [-0.3, -0.25) is 9.48 Å². The molecule has 4 aliphatic rings. The number of hydrogen-bond donors (Lipinski definition) is 0. The minimum absolute atomic E-state index is 0.0953. The predicted molar refractivity (Wildman–Crippen MR) is 109 cm³/mol. The summed E-state index contributed by atoms with van der Waals surface area (Å²) in [6.45, 7) is 6.60. The summed E-state index contributed by atoms with van der Waals surface area (Å²) in [4.78, 5) is 11.4. The Kier molecular flexibility index (Phi) is 4.26. The second-order valence-electron chi connectivity index (χ2n) is 10.4. The number of ether oxygens (including phenoxy) is 1. The SMILES string of the molecule is CC(=O)OC1CC[C@@]2(C)C(=CC[C@H]3[C@@H]4CC[C@@H](n5cccn5)[C@@]4(C)CC[C@@H]32)C1. The molecule has 4 heteroatoms. The standard InChI is InChI=1S/C24H34N2O2/c1-16(27)28-18-9-11-23(2)17(15-18)5-6-19-20-7-8-22(26-14-4-13-25-26)24(20,3)12-10-21(19)23/h4-5,13-14,18-22H,6-12,15H2,1-3H3/t18?,19-,20-,21-,22+,23-,24-/m0/s1. The molecule has 1 unspecified atom stereocenters. The predicted octanol–water partition coefficient (Wildman–Crippen LogP) is 5.32. The van der Waals surface area contributed by atoms with Crippen molar-refractivity contribution in [3.05, 3.63) is 30.1 Å². The van der Waals surface area contributed by atoms with Gasteiger partial charge < -0.3 is 4.74 Å². The van der Waals surface area contributed by atoms with Gasteiger partial charge in [-0.25, -0.2) is 0 Å². The number of hydrogen-bond acceptors (Lipinski definition) is 3. The molecule has 0 aliphatic heterocycles. The third kappa shape index (κ3) is 2.63. The van der Waals surface area contributed by atoms with Crippen LogP contribution < -0.4 is 0 Å². The van der Waals surface area contributed by atoms with Crippen LogP contribution in [0.4, 0.5) is 0 Å². The van der Waals surface area contributed by atoms with Gasteiger partial charge in [-0.1, -0.05) is 25.5 Å². The van der Waals surface area contributed by atoms with E-state index in [0.717, 1.165) is 30.6 Å². The van der Waals surface area contributed by atoms with Gasteiger partial charge in [0.05, 0.1) is 6.04 Å². The van der Waals surface area contributed by atoms with Crippen molar-refractivity contribution in [2.75, 3.05) is 0 Å². The first-order chi connectivity index (χ1) is 13.4.